The third-order valence-electron chi connectivity index (χ3n) is 4.84. The summed E-state index contributed by atoms with van der Waals surface area (Å²) in [4.78, 5) is 25.4. The Morgan fingerprint density at radius 2 is 1.82 bits per heavy atom. The topological polar surface area (TPSA) is 108 Å². The molecule has 0 radical (unpaired) electrons. The van der Waals surface area contributed by atoms with Crippen molar-refractivity contribution in [2.75, 3.05) is 5.32 Å². The molecule has 0 aliphatic heterocycles. The molecule has 9 nitrogen and oxygen atoms in total. The van der Waals surface area contributed by atoms with Crippen molar-refractivity contribution in [3.05, 3.63) is 59.2 Å². The minimum absolute atomic E-state index is 0.210. The van der Waals surface area contributed by atoms with E-state index in [-0.39, 0.29) is 5.15 Å². The average molecular weight is 497 g/mol. The summed E-state index contributed by atoms with van der Waals surface area (Å²) in [6, 6.07) is 6.94. The van der Waals surface area contributed by atoms with Crippen molar-refractivity contribution >= 4 is 62.5 Å². The van der Waals surface area contributed by atoms with Crippen LogP contribution in [0.5, 0.6) is 0 Å². The van der Waals surface area contributed by atoms with Crippen molar-refractivity contribution < 1.29 is 13.9 Å². The first kappa shape index (κ1) is 22.1. The number of ether oxygens (including phenoxy) is 1. The van der Waals surface area contributed by atoms with E-state index < -0.39 is 11.7 Å². The smallest absolute Gasteiger partial charge is 0.435 e. The highest BCUT2D eigenvalue weighted by atomic mass is 35.5. The van der Waals surface area contributed by atoms with Crippen LogP contribution < -0.4 is 5.32 Å². The second-order valence-corrected chi connectivity index (χ2v) is 9.14. The molecule has 0 amide bonds. The molecule has 0 saturated heterocycles. The molecule has 11 heteroatoms. The van der Waals surface area contributed by atoms with Gasteiger partial charge in [0.05, 0.1) is 16.9 Å². The molecular formula is C23H18Cl2N6O3. The second kappa shape index (κ2) is 8.27. The van der Waals surface area contributed by atoms with E-state index in [0.717, 1.165) is 4.68 Å². The Kier molecular flexibility index (Phi) is 5.38. The molecule has 0 unspecified atom stereocenters. The molecule has 1 N–H and O–H groups in total. The Balaban J connectivity index is 1.66. The van der Waals surface area contributed by atoms with E-state index in [1.807, 2.05) is 0 Å². The van der Waals surface area contributed by atoms with Gasteiger partial charge in [0, 0.05) is 35.1 Å². The Morgan fingerprint density at radius 1 is 1.06 bits per heavy atom. The number of fused-ring (bicyclic) bond motifs is 2. The molecule has 0 bridgehead atoms. The molecule has 4 heterocycles. The zero-order valence-electron chi connectivity index (χ0n) is 18.3. The van der Waals surface area contributed by atoms with Gasteiger partial charge in [-0.15, -0.1) is 0 Å². The Morgan fingerprint density at radius 3 is 2.56 bits per heavy atom. The Hall–Kier alpha value is -3.69. The average Bonchev–Trinajstić information content (AvgIpc) is 3.39. The highest BCUT2D eigenvalue weighted by molar-refractivity contribution is 6.36. The van der Waals surface area contributed by atoms with Gasteiger partial charge < -0.3 is 14.5 Å². The molecule has 0 saturated carbocycles. The second-order valence-electron chi connectivity index (χ2n) is 8.38. The number of aromatic nitrogens is 5. The number of hydrogen-bond acceptors (Lipinski definition) is 8. The first-order valence-corrected chi connectivity index (χ1v) is 11.0. The number of furan rings is 1. The molecule has 1 aromatic carbocycles. The summed E-state index contributed by atoms with van der Waals surface area (Å²) in [5, 5.41) is 9.44. The lowest BCUT2D eigenvalue weighted by atomic mass is 10.2. The summed E-state index contributed by atoms with van der Waals surface area (Å²) < 4.78 is 12.6. The molecule has 0 atom stereocenters. The minimum Gasteiger partial charge on any atom is -0.447 e. The van der Waals surface area contributed by atoms with E-state index in [4.69, 9.17) is 32.4 Å². The number of carbonyl (C=O) groups excluding carboxylic acids is 1. The summed E-state index contributed by atoms with van der Waals surface area (Å²) in [7, 11) is 0. The zero-order valence-corrected chi connectivity index (χ0v) is 19.8. The molecule has 5 rings (SSSR count). The first-order valence-electron chi connectivity index (χ1n) is 10.2. The predicted molar refractivity (Wildman–Crippen MR) is 130 cm³/mol. The lowest BCUT2D eigenvalue weighted by Gasteiger charge is -2.19. The van der Waals surface area contributed by atoms with Gasteiger partial charge in [0.25, 0.3) is 0 Å². The van der Waals surface area contributed by atoms with Crippen molar-refractivity contribution in [1.82, 2.24) is 24.7 Å². The van der Waals surface area contributed by atoms with E-state index in [1.54, 1.807) is 69.8 Å². The molecule has 0 aliphatic rings. The largest absolute Gasteiger partial charge is 0.447 e. The SMILES string of the molecule is CC(C)(C)OC(=O)n1ncc2c(Nc3c(-c4ncccn4)oc4c(Cl)nccc34)ccc(Cl)c21. The third kappa shape index (κ3) is 3.93. The third-order valence-corrected chi connectivity index (χ3v) is 5.41. The highest BCUT2D eigenvalue weighted by Gasteiger charge is 2.24. The molecule has 0 spiro atoms. The van der Waals surface area contributed by atoms with Gasteiger partial charge >= 0.3 is 6.09 Å². The number of benzene rings is 1. The number of carbonyl (C=O) groups is 1. The van der Waals surface area contributed by atoms with Crippen molar-refractivity contribution in [1.29, 1.82) is 0 Å². The summed E-state index contributed by atoms with van der Waals surface area (Å²) in [6.45, 7) is 5.34. The summed E-state index contributed by atoms with van der Waals surface area (Å²) in [5.41, 5.74) is 1.32. The molecule has 0 aliphatic carbocycles. The van der Waals surface area contributed by atoms with E-state index >= 15 is 0 Å². The van der Waals surface area contributed by atoms with Crippen molar-refractivity contribution in [2.45, 2.75) is 26.4 Å². The van der Waals surface area contributed by atoms with E-state index in [0.29, 0.717) is 49.9 Å². The van der Waals surface area contributed by atoms with Crippen LogP contribution in [0.1, 0.15) is 20.8 Å². The number of anilines is 2. The monoisotopic (exact) mass is 496 g/mol. The Bertz CT molecular complexity index is 1540. The number of nitrogens with zero attached hydrogens (tertiary/aromatic N) is 5. The van der Waals surface area contributed by atoms with Crippen LogP contribution in [0, 0.1) is 0 Å². The quantitative estimate of drug-likeness (QED) is 0.283. The van der Waals surface area contributed by atoms with Gasteiger partial charge in [0.1, 0.15) is 11.1 Å². The zero-order chi connectivity index (χ0) is 24.0. The van der Waals surface area contributed by atoms with Crippen LogP contribution in [0.25, 0.3) is 33.5 Å². The summed E-state index contributed by atoms with van der Waals surface area (Å²) in [5.74, 6) is 0.750. The normalized spacial score (nSPS) is 11.8. The predicted octanol–water partition coefficient (Wildman–Crippen LogP) is 6.47. The number of pyridine rings is 1. The number of nitrogens with one attached hydrogen (secondary N) is 1. The lowest BCUT2D eigenvalue weighted by molar-refractivity contribution is 0.0522. The van der Waals surface area contributed by atoms with E-state index in [2.05, 4.69) is 25.4 Å². The standard InChI is InChI=1S/C23H18Cl2N6O3/c1-23(2,3)34-22(32)31-17-13(11-29-31)15(6-5-14(17)24)30-16-12-7-10-26-20(25)18(12)33-19(16)21-27-8-4-9-28-21/h4-11,30H,1-3H3. The lowest BCUT2D eigenvalue weighted by Crippen LogP contribution is -2.27. The van der Waals surface area contributed by atoms with E-state index in [9.17, 15) is 4.79 Å². The summed E-state index contributed by atoms with van der Waals surface area (Å²) in [6.07, 6.45) is 5.73. The van der Waals surface area contributed by atoms with Gasteiger partial charge in [-0.1, -0.05) is 23.2 Å². The van der Waals surface area contributed by atoms with Crippen LogP contribution >= 0.6 is 23.2 Å². The molecule has 5 aromatic rings. The van der Waals surface area contributed by atoms with Crippen LogP contribution in [-0.2, 0) is 4.74 Å². The van der Waals surface area contributed by atoms with Crippen LogP contribution in [0.2, 0.25) is 10.2 Å². The maximum atomic E-state index is 12.7. The van der Waals surface area contributed by atoms with Crippen molar-refractivity contribution in [3.8, 4) is 11.6 Å². The van der Waals surface area contributed by atoms with Gasteiger partial charge in [0.15, 0.2) is 22.3 Å². The fourth-order valence-corrected chi connectivity index (χ4v) is 3.92. The van der Waals surface area contributed by atoms with Crippen LogP contribution in [0.3, 0.4) is 0 Å². The molecule has 34 heavy (non-hydrogen) atoms. The minimum atomic E-state index is -0.689. The molecule has 0 fully saturated rings. The maximum absolute atomic E-state index is 12.7. The van der Waals surface area contributed by atoms with Gasteiger partial charge in [-0.2, -0.15) is 9.78 Å². The number of hydrogen-bond donors (Lipinski definition) is 1. The molecular weight excluding hydrogens is 479 g/mol. The molecule has 172 valence electrons. The van der Waals surface area contributed by atoms with Gasteiger partial charge in [0.2, 0.25) is 0 Å². The first-order chi connectivity index (χ1) is 16.2. The van der Waals surface area contributed by atoms with Crippen molar-refractivity contribution in [2.24, 2.45) is 0 Å². The van der Waals surface area contributed by atoms with Crippen molar-refractivity contribution in [3.63, 3.8) is 0 Å². The van der Waals surface area contributed by atoms with Gasteiger partial charge in [-0.25, -0.2) is 19.7 Å². The fourth-order valence-electron chi connectivity index (χ4n) is 3.48. The Labute approximate surface area is 203 Å². The highest BCUT2D eigenvalue weighted by Crippen LogP contribution is 2.42. The van der Waals surface area contributed by atoms with Crippen LogP contribution in [0.15, 0.2) is 53.5 Å². The fraction of sp³-hybridized carbons (Fsp3) is 0.174. The van der Waals surface area contributed by atoms with Crippen LogP contribution in [0.4, 0.5) is 16.2 Å². The van der Waals surface area contributed by atoms with Gasteiger partial charge in [-0.05, 0) is 45.0 Å². The number of rotatable bonds is 3. The number of halogens is 2. The van der Waals surface area contributed by atoms with Gasteiger partial charge in [-0.3, -0.25) is 0 Å². The van der Waals surface area contributed by atoms with Crippen LogP contribution in [-0.4, -0.2) is 36.4 Å². The van der Waals surface area contributed by atoms with E-state index in [1.165, 1.54) is 0 Å². The summed E-state index contributed by atoms with van der Waals surface area (Å²) >= 11 is 12.7. The maximum Gasteiger partial charge on any atom is 0.435 e. The molecule has 4 aromatic heterocycles.